The predicted molar refractivity (Wildman–Crippen MR) is 131 cm³/mol. The molecule has 0 saturated carbocycles. The standard InChI is InChI=1S/C27H37N3O3/c1-6-29(21-10-8-7-9-11-21)24-15-13-19-12-14-22(16-23(19)24)33-25(31)28-20-17-26(2,3)30(32)27(4,5)18-20/h7-12,14,16,20,24,32H,6,13,15,17-18H2,1-5H3,(H,28,31). The molecule has 1 heterocycles. The third-order valence-corrected chi connectivity index (χ3v) is 7.14. The zero-order valence-electron chi connectivity index (χ0n) is 20.5. The highest BCUT2D eigenvalue weighted by Gasteiger charge is 2.45. The van der Waals surface area contributed by atoms with E-state index in [1.807, 2.05) is 45.9 Å². The van der Waals surface area contributed by atoms with Crippen LogP contribution in [0.3, 0.4) is 0 Å². The fourth-order valence-electron chi connectivity index (χ4n) is 5.82. The fourth-order valence-corrected chi connectivity index (χ4v) is 5.82. The van der Waals surface area contributed by atoms with Crippen LogP contribution in [-0.2, 0) is 6.42 Å². The Labute approximate surface area is 197 Å². The number of hydroxylamine groups is 2. The molecule has 6 heteroatoms. The van der Waals surface area contributed by atoms with E-state index in [9.17, 15) is 10.0 Å². The first-order valence-corrected chi connectivity index (χ1v) is 12.0. The molecular formula is C27H37N3O3. The maximum absolute atomic E-state index is 12.8. The van der Waals surface area contributed by atoms with Crippen LogP contribution in [0.15, 0.2) is 48.5 Å². The van der Waals surface area contributed by atoms with Crippen LogP contribution in [0.4, 0.5) is 10.5 Å². The summed E-state index contributed by atoms with van der Waals surface area (Å²) in [6, 6.07) is 16.7. The molecule has 178 valence electrons. The number of benzene rings is 2. The van der Waals surface area contributed by atoms with E-state index in [-0.39, 0.29) is 12.1 Å². The molecule has 1 atom stereocenters. The molecule has 4 rings (SSSR count). The van der Waals surface area contributed by atoms with Gasteiger partial charge in [0.05, 0.1) is 6.04 Å². The van der Waals surface area contributed by atoms with Gasteiger partial charge in [-0.3, -0.25) is 0 Å². The summed E-state index contributed by atoms with van der Waals surface area (Å²) in [7, 11) is 0. The third-order valence-electron chi connectivity index (χ3n) is 7.14. The Bertz CT molecular complexity index is 971. The van der Waals surface area contributed by atoms with Crippen molar-refractivity contribution in [2.75, 3.05) is 11.4 Å². The highest BCUT2D eigenvalue weighted by atomic mass is 16.6. The number of carbonyl (C=O) groups excluding carboxylic acids is 1. The number of fused-ring (bicyclic) bond motifs is 1. The normalized spacial score (nSPS) is 21.9. The highest BCUT2D eigenvalue weighted by molar-refractivity contribution is 5.71. The fraction of sp³-hybridized carbons (Fsp3) is 0.519. The predicted octanol–water partition coefficient (Wildman–Crippen LogP) is 5.70. The van der Waals surface area contributed by atoms with Crippen LogP contribution in [0.25, 0.3) is 0 Å². The van der Waals surface area contributed by atoms with Gasteiger partial charge < -0.3 is 20.2 Å². The van der Waals surface area contributed by atoms with Crippen molar-refractivity contribution in [3.8, 4) is 5.75 Å². The van der Waals surface area contributed by atoms with Gasteiger partial charge in [0.1, 0.15) is 5.75 Å². The molecule has 0 radical (unpaired) electrons. The smallest absolute Gasteiger partial charge is 0.410 e. The average Bonchev–Trinajstić information content (AvgIpc) is 3.16. The Balaban J connectivity index is 1.46. The van der Waals surface area contributed by atoms with Crippen LogP contribution in [0.1, 0.15) is 71.0 Å². The van der Waals surface area contributed by atoms with Gasteiger partial charge in [-0.15, -0.1) is 0 Å². The Morgan fingerprint density at radius 2 is 1.79 bits per heavy atom. The van der Waals surface area contributed by atoms with E-state index in [4.69, 9.17) is 4.74 Å². The molecule has 0 spiro atoms. The number of piperidine rings is 1. The second kappa shape index (κ2) is 8.99. The second-order valence-electron chi connectivity index (χ2n) is 10.6. The first-order valence-electron chi connectivity index (χ1n) is 12.0. The maximum atomic E-state index is 12.8. The third kappa shape index (κ3) is 4.87. The van der Waals surface area contributed by atoms with Gasteiger partial charge >= 0.3 is 6.09 Å². The van der Waals surface area contributed by atoms with Gasteiger partial charge in [0.15, 0.2) is 0 Å². The van der Waals surface area contributed by atoms with Gasteiger partial charge in [-0.25, -0.2) is 4.79 Å². The molecule has 1 aliphatic heterocycles. The van der Waals surface area contributed by atoms with Gasteiger partial charge in [0, 0.05) is 29.4 Å². The van der Waals surface area contributed by atoms with E-state index >= 15 is 0 Å². The average molecular weight is 452 g/mol. The van der Waals surface area contributed by atoms with Gasteiger partial charge in [0.25, 0.3) is 0 Å². The maximum Gasteiger partial charge on any atom is 0.412 e. The van der Waals surface area contributed by atoms with E-state index in [0.29, 0.717) is 18.6 Å². The lowest BCUT2D eigenvalue weighted by molar-refractivity contribution is -0.245. The lowest BCUT2D eigenvalue weighted by Gasteiger charge is -2.51. The zero-order valence-corrected chi connectivity index (χ0v) is 20.5. The molecule has 0 bridgehead atoms. The van der Waals surface area contributed by atoms with E-state index in [1.54, 1.807) is 0 Å². The first-order chi connectivity index (χ1) is 15.6. The summed E-state index contributed by atoms with van der Waals surface area (Å²) >= 11 is 0. The van der Waals surface area contributed by atoms with Gasteiger partial charge in [-0.2, -0.15) is 5.06 Å². The largest absolute Gasteiger partial charge is 0.412 e. The number of hydrogen-bond acceptors (Lipinski definition) is 5. The first kappa shape index (κ1) is 23.6. The number of aryl methyl sites for hydroxylation is 1. The molecule has 2 aromatic carbocycles. The molecule has 1 aliphatic carbocycles. The number of anilines is 1. The molecule has 2 N–H and O–H groups in total. The Morgan fingerprint density at radius 1 is 1.12 bits per heavy atom. The van der Waals surface area contributed by atoms with Crippen molar-refractivity contribution in [3.63, 3.8) is 0 Å². The van der Waals surface area contributed by atoms with Crippen LogP contribution in [0.2, 0.25) is 0 Å². The Hall–Kier alpha value is -2.57. The quantitative estimate of drug-likeness (QED) is 0.610. The van der Waals surface area contributed by atoms with Gasteiger partial charge in [0.2, 0.25) is 0 Å². The van der Waals surface area contributed by atoms with Crippen molar-refractivity contribution < 1.29 is 14.7 Å². The molecular weight excluding hydrogens is 414 g/mol. The minimum atomic E-state index is -0.442. The number of carbonyl (C=O) groups is 1. The zero-order chi connectivity index (χ0) is 23.8. The topological polar surface area (TPSA) is 65.0 Å². The molecule has 2 aliphatic rings. The van der Waals surface area contributed by atoms with Crippen molar-refractivity contribution >= 4 is 11.8 Å². The van der Waals surface area contributed by atoms with Crippen LogP contribution in [-0.4, -0.2) is 40.0 Å². The number of amides is 1. The molecule has 0 aromatic heterocycles. The highest BCUT2D eigenvalue weighted by Crippen LogP contribution is 2.40. The number of hydrogen-bond donors (Lipinski definition) is 2. The van der Waals surface area contributed by atoms with Crippen molar-refractivity contribution in [2.45, 2.75) is 83.5 Å². The number of rotatable bonds is 5. The summed E-state index contributed by atoms with van der Waals surface area (Å²) in [5.41, 5.74) is 2.91. The molecule has 1 saturated heterocycles. The van der Waals surface area contributed by atoms with Crippen molar-refractivity contribution in [1.82, 2.24) is 10.4 Å². The van der Waals surface area contributed by atoms with Gasteiger partial charge in [-0.1, -0.05) is 24.3 Å². The lowest BCUT2D eigenvalue weighted by Crippen LogP contribution is -2.63. The molecule has 1 unspecified atom stereocenters. The second-order valence-corrected chi connectivity index (χ2v) is 10.6. The summed E-state index contributed by atoms with van der Waals surface area (Å²) in [6.07, 6.45) is 2.94. The van der Waals surface area contributed by atoms with E-state index in [2.05, 4.69) is 47.5 Å². The minimum absolute atomic E-state index is 0.0678. The summed E-state index contributed by atoms with van der Waals surface area (Å²) < 4.78 is 5.73. The Morgan fingerprint density at radius 3 is 2.42 bits per heavy atom. The molecule has 1 amide bonds. The van der Waals surface area contributed by atoms with Crippen molar-refractivity contribution in [1.29, 1.82) is 0 Å². The summed E-state index contributed by atoms with van der Waals surface area (Å²) in [5.74, 6) is 0.570. The molecule has 33 heavy (non-hydrogen) atoms. The monoisotopic (exact) mass is 451 g/mol. The number of nitrogens with zero attached hydrogens (tertiary/aromatic N) is 2. The van der Waals surface area contributed by atoms with Gasteiger partial charge in [-0.05, 0) is 95.7 Å². The summed E-state index contributed by atoms with van der Waals surface area (Å²) in [5, 5.41) is 14.9. The number of nitrogens with one attached hydrogen (secondary N) is 1. The molecule has 2 aromatic rings. The van der Waals surface area contributed by atoms with Crippen LogP contribution < -0.4 is 15.0 Å². The molecule has 6 nitrogen and oxygen atoms in total. The SMILES string of the molecule is CCN(c1ccccc1)C1CCc2ccc(OC(=O)NC3CC(C)(C)N(O)C(C)(C)C3)cc21. The number of ether oxygens (including phenoxy) is 1. The van der Waals surface area contributed by atoms with Crippen LogP contribution in [0.5, 0.6) is 5.75 Å². The van der Waals surface area contributed by atoms with Crippen LogP contribution >= 0.6 is 0 Å². The van der Waals surface area contributed by atoms with E-state index in [0.717, 1.165) is 19.4 Å². The van der Waals surface area contributed by atoms with E-state index in [1.165, 1.54) is 21.9 Å². The van der Waals surface area contributed by atoms with Crippen LogP contribution in [0, 0.1) is 0 Å². The number of para-hydroxylation sites is 1. The minimum Gasteiger partial charge on any atom is -0.410 e. The molecule has 1 fully saturated rings. The van der Waals surface area contributed by atoms with E-state index < -0.39 is 17.2 Å². The Kier molecular flexibility index (Phi) is 6.43. The van der Waals surface area contributed by atoms with Crippen molar-refractivity contribution in [3.05, 3.63) is 59.7 Å². The summed E-state index contributed by atoms with van der Waals surface area (Å²) in [6.45, 7) is 11.0. The lowest BCUT2D eigenvalue weighted by atomic mass is 9.79. The summed E-state index contributed by atoms with van der Waals surface area (Å²) in [4.78, 5) is 15.2. The van der Waals surface area contributed by atoms with Crippen molar-refractivity contribution in [2.24, 2.45) is 0 Å².